The first-order valence-electron chi connectivity index (χ1n) is 7.82. The molecular formula is C18H19ClFN3O3. The maximum Gasteiger partial charge on any atom is 0.276 e. The molecule has 8 heteroatoms. The van der Waals surface area contributed by atoms with Crippen LogP contribution in [0.3, 0.4) is 0 Å². The minimum absolute atomic E-state index is 0.00513. The smallest absolute Gasteiger partial charge is 0.276 e. The zero-order valence-corrected chi connectivity index (χ0v) is 15.1. The van der Waals surface area contributed by atoms with Crippen molar-refractivity contribution in [2.75, 3.05) is 18.5 Å². The topological polar surface area (TPSA) is 79.5 Å². The number of carbonyl (C=O) groups is 2. The summed E-state index contributed by atoms with van der Waals surface area (Å²) in [6.07, 6.45) is 0. The number of carbonyl (C=O) groups excluding carboxylic acids is 2. The Balaban J connectivity index is 1.72. The van der Waals surface area contributed by atoms with Crippen molar-refractivity contribution in [1.82, 2.24) is 10.9 Å². The fraction of sp³-hybridized carbons (Fsp3) is 0.222. The van der Waals surface area contributed by atoms with Crippen molar-refractivity contribution < 1.29 is 18.7 Å². The molecule has 0 fully saturated rings. The third-order valence-corrected chi connectivity index (χ3v) is 3.71. The predicted octanol–water partition coefficient (Wildman–Crippen LogP) is 2.73. The Bertz CT molecular complexity index is 747. The van der Waals surface area contributed by atoms with Gasteiger partial charge in [-0.1, -0.05) is 29.3 Å². The molecule has 0 bridgehead atoms. The van der Waals surface area contributed by atoms with E-state index in [9.17, 15) is 14.0 Å². The second-order valence-corrected chi connectivity index (χ2v) is 6.04. The average molecular weight is 380 g/mol. The first kappa shape index (κ1) is 19.5. The average Bonchev–Trinajstić information content (AvgIpc) is 2.58. The molecule has 3 N–H and O–H groups in total. The quantitative estimate of drug-likeness (QED) is 0.674. The Morgan fingerprint density at radius 3 is 2.50 bits per heavy atom. The minimum atomic E-state index is -0.578. The van der Waals surface area contributed by atoms with Gasteiger partial charge in [0.15, 0.2) is 6.61 Å². The van der Waals surface area contributed by atoms with E-state index in [0.29, 0.717) is 0 Å². The summed E-state index contributed by atoms with van der Waals surface area (Å²) in [6, 6.07) is 9.38. The van der Waals surface area contributed by atoms with E-state index in [4.69, 9.17) is 16.3 Å². The maximum atomic E-state index is 12.9. The first-order valence-corrected chi connectivity index (χ1v) is 8.19. The highest BCUT2D eigenvalue weighted by Gasteiger charge is 2.08. The summed E-state index contributed by atoms with van der Waals surface area (Å²) in [5.41, 5.74) is 7.48. The molecule has 0 spiro atoms. The van der Waals surface area contributed by atoms with E-state index in [1.165, 1.54) is 12.1 Å². The Kier molecular flexibility index (Phi) is 6.80. The Morgan fingerprint density at radius 2 is 1.81 bits per heavy atom. The lowest BCUT2D eigenvalue weighted by atomic mass is 10.1. The summed E-state index contributed by atoms with van der Waals surface area (Å²) >= 11 is 5.79. The van der Waals surface area contributed by atoms with Crippen molar-refractivity contribution in [2.24, 2.45) is 0 Å². The minimum Gasteiger partial charge on any atom is -0.482 e. The van der Waals surface area contributed by atoms with Gasteiger partial charge in [0.25, 0.3) is 11.8 Å². The number of halogens is 2. The highest BCUT2D eigenvalue weighted by atomic mass is 35.5. The molecule has 0 unspecified atom stereocenters. The van der Waals surface area contributed by atoms with Crippen molar-refractivity contribution in [2.45, 2.75) is 13.8 Å². The normalized spacial score (nSPS) is 10.2. The molecule has 2 rings (SSSR count). The lowest BCUT2D eigenvalue weighted by Crippen LogP contribution is -2.46. The molecule has 138 valence electrons. The fourth-order valence-corrected chi connectivity index (χ4v) is 2.36. The van der Waals surface area contributed by atoms with Gasteiger partial charge in [-0.25, -0.2) is 4.39 Å². The molecule has 2 aromatic carbocycles. The Labute approximate surface area is 155 Å². The van der Waals surface area contributed by atoms with Crippen molar-refractivity contribution in [3.63, 3.8) is 0 Å². The monoisotopic (exact) mass is 379 g/mol. The zero-order chi connectivity index (χ0) is 19.1. The van der Waals surface area contributed by atoms with Gasteiger partial charge in [-0.2, -0.15) is 0 Å². The molecule has 0 saturated carbocycles. The van der Waals surface area contributed by atoms with Crippen LogP contribution in [-0.4, -0.2) is 25.0 Å². The van der Waals surface area contributed by atoms with Crippen molar-refractivity contribution in [3.05, 3.63) is 58.4 Å². The second kappa shape index (κ2) is 9.05. The lowest BCUT2D eigenvalue weighted by molar-refractivity contribution is -0.129. The van der Waals surface area contributed by atoms with Crippen LogP contribution < -0.4 is 20.9 Å². The predicted molar refractivity (Wildman–Crippen MR) is 97.6 cm³/mol. The van der Waals surface area contributed by atoms with Crippen LogP contribution in [0.15, 0.2) is 36.4 Å². The number of ether oxygens (including phenoxy) is 1. The number of nitrogens with one attached hydrogen (secondary N) is 3. The highest BCUT2D eigenvalue weighted by Crippen LogP contribution is 2.24. The summed E-state index contributed by atoms with van der Waals surface area (Å²) in [4.78, 5) is 23.4. The third kappa shape index (κ3) is 5.93. The maximum absolute atomic E-state index is 12.9. The van der Waals surface area contributed by atoms with Crippen LogP contribution in [0.1, 0.15) is 11.1 Å². The SMILES string of the molecule is Cc1ccc(NCC(=O)NNC(=O)COc2ccc(F)cc2Cl)c(C)c1. The van der Waals surface area contributed by atoms with E-state index >= 15 is 0 Å². The van der Waals surface area contributed by atoms with Gasteiger partial charge in [0.05, 0.1) is 11.6 Å². The third-order valence-electron chi connectivity index (χ3n) is 3.42. The van der Waals surface area contributed by atoms with E-state index in [-0.39, 0.29) is 23.9 Å². The molecule has 0 aromatic heterocycles. The number of amides is 2. The van der Waals surface area contributed by atoms with E-state index in [0.717, 1.165) is 22.9 Å². The van der Waals surface area contributed by atoms with Gasteiger partial charge in [-0.15, -0.1) is 0 Å². The number of aryl methyl sites for hydroxylation is 2. The number of benzene rings is 2. The standard InChI is InChI=1S/C18H19ClFN3O3/c1-11-3-5-15(12(2)7-11)21-9-17(24)22-23-18(25)10-26-16-6-4-13(20)8-14(16)19/h3-8,21H,9-10H2,1-2H3,(H,22,24)(H,23,25). The van der Waals surface area contributed by atoms with Gasteiger partial charge in [0, 0.05) is 5.69 Å². The van der Waals surface area contributed by atoms with Crippen molar-refractivity contribution in [3.8, 4) is 5.75 Å². The second-order valence-electron chi connectivity index (χ2n) is 5.63. The summed E-state index contributed by atoms with van der Waals surface area (Å²) in [5, 5.41) is 3.04. The van der Waals surface area contributed by atoms with Gasteiger partial charge < -0.3 is 10.1 Å². The van der Waals surface area contributed by atoms with Crippen LogP contribution in [0.2, 0.25) is 5.02 Å². The van der Waals surface area contributed by atoms with E-state index in [1.54, 1.807) is 0 Å². The van der Waals surface area contributed by atoms with Gasteiger partial charge in [0.2, 0.25) is 0 Å². The van der Waals surface area contributed by atoms with Crippen molar-refractivity contribution in [1.29, 1.82) is 0 Å². The number of rotatable bonds is 6. The Morgan fingerprint density at radius 1 is 1.08 bits per heavy atom. The number of anilines is 1. The van der Waals surface area contributed by atoms with Crippen LogP contribution in [0.4, 0.5) is 10.1 Å². The molecule has 2 amide bonds. The number of hydrogen-bond acceptors (Lipinski definition) is 4. The van der Waals surface area contributed by atoms with E-state index < -0.39 is 17.6 Å². The largest absolute Gasteiger partial charge is 0.482 e. The first-order chi connectivity index (χ1) is 12.3. The molecule has 0 atom stereocenters. The molecule has 0 saturated heterocycles. The van der Waals surface area contributed by atoms with Crippen LogP contribution in [0.25, 0.3) is 0 Å². The van der Waals surface area contributed by atoms with Gasteiger partial charge >= 0.3 is 0 Å². The summed E-state index contributed by atoms with van der Waals surface area (Å²) in [7, 11) is 0. The number of hydrazine groups is 1. The van der Waals surface area contributed by atoms with Crippen molar-refractivity contribution >= 4 is 29.1 Å². The highest BCUT2D eigenvalue weighted by molar-refractivity contribution is 6.32. The summed E-state index contributed by atoms with van der Waals surface area (Å²) < 4.78 is 18.1. The summed E-state index contributed by atoms with van der Waals surface area (Å²) in [5.74, 6) is -1.33. The van der Waals surface area contributed by atoms with E-state index in [2.05, 4.69) is 16.2 Å². The molecule has 0 heterocycles. The molecule has 26 heavy (non-hydrogen) atoms. The molecular weight excluding hydrogens is 361 g/mol. The molecule has 0 aliphatic carbocycles. The molecule has 0 radical (unpaired) electrons. The van der Waals surface area contributed by atoms with Crippen LogP contribution in [-0.2, 0) is 9.59 Å². The summed E-state index contributed by atoms with van der Waals surface area (Å²) in [6.45, 7) is 3.54. The number of hydrogen-bond donors (Lipinski definition) is 3. The van der Waals surface area contributed by atoms with Gasteiger partial charge in [0.1, 0.15) is 11.6 Å². The van der Waals surface area contributed by atoms with Gasteiger partial charge in [-0.3, -0.25) is 20.4 Å². The van der Waals surface area contributed by atoms with Crippen LogP contribution in [0, 0.1) is 19.7 Å². The zero-order valence-electron chi connectivity index (χ0n) is 14.4. The molecule has 2 aromatic rings. The van der Waals surface area contributed by atoms with E-state index in [1.807, 2.05) is 32.0 Å². The molecule has 0 aliphatic rings. The molecule has 0 aliphatic heterocycles. The lowest BCUT2D eigenvalue weighted by Gasteiger charge is -2.12. The Hall–Kier alpha value is -2.80. The van der Waals surface area contributed by atoms with Crippen LogP contribution in [0.5, 0.6) is 5.75 Å². The molecule has 6 nitrogen and oxygen atoms in total. The van der Waals surface area contributed by atoms with Crippen LogP contribution >= 0.6 is 11.6 Å². The van der Waals surface area contributed by atoms with Gasteiger partial charge in [-0.05, 0) is 43.7 Å². The fourth-order valence-electron chi connectivity index (χ4n) is 2.14.